The van der Waals surface area contributed by atoms with Crippen molar-refractivity contribution in [2.75, 3.05) is 45.3 Å². The van der Waals surface area contributed by atoms with Crippen LogP contribution in [0.3, 0.4) is 0 Å². The summed E-state index contributed by atoms with van der Waals surface area (Å²) in [6, 6.07) is 8.16. The van der Waals surface area contributed by atoms with Crippen LogP contribution in [0, 0.1) is 0 Å². The number of anilines is 2. The van der Waals surface area contributed by atoms with Crippen molar-refractivity contribution in [2.45, 2.75) is 0 Å². The van der Waals surface area contributed by atoms with Crippen LogP contribution in [0.4, 0.5) is 11.4 Å². The molecule has 0 atom stereocenters. The van der Waals surface area contributed by atoms with E-state index in [0.717, 1.165) is 0 Å². The number of amides is 1. The first-order valence-corrected chi connectivity index (χ1v) is 8.33. The van der Waals surface area contributed by atoms with E-state index in [0.29, 0.717) is 34.4 Å². The van der Waals surface area contributed by atoms with Crippen molar-refractivity contribution < 1.29 is 33.3 Å². The van der Waals surface area contributed by atoms with E-state index < -0.39 is 5.97 Å². The predicted octanol–water partition coefficient (Wildman–Crippen LogP) is 2.27. The van der Waals surface area contributed by atoms with Crippen molar-refractivity contribution >= 4 is 23.3 Å². The average molecular weight is 388 g/mol. The monoisotopic (exact) mass is 388 g/mol. The molecule has 28 heavy (non-hydrogen) atoms. The highest BCUT2D eigenvalue weighted by atomic mass is 16.7. The molecule has 0 unspecified atom stereocenters. The van der Waals surface area contributed by atoms with Gasteiger partial charge < -0.3 is 34.3 Å². The first-order valence-electron chi connectivity index (χ1n) is 8.33. The topological polar surface area (TPSA) is 104 Å². The molecule has 2 aromatic carbocycles. The number of rotatable bonds is 7. The Labute approximate surface area is 161 Å². The number of ether oxygens (including phenoxy) is 5. The maximum atomic E-state index is 12.3. The Kier molecular flexibility index (Phi) is 5.73. The van der Waals surface area contributed by atoms with E-state index in [4.69, 9.17) is 23.7 Å². The van der Waals surface area contributed by atoms with Crippen LogP contribution in [-0.2, 0) is 9.53 Å². The van der Waals surface area contributed by atoms with Gasteiger partial charge in [-0.3, -0.25) is 4.79 Å². The molecule has 9 nitrogen and oxygen atoms in total. The predicted molar refractivity (Wildman–Crippen MR) is 101 cm³/mol. The number of nitrogens with one attached hydrogen (secondary N) is 2. The number of benzene rings is 2. The van der Waals surface area contributed by atoms with Crippen LogP contribution < -0.4 is 29.6 Å². The fourth-order valence-electron chi connectivity index (χ4n) is 2.66. The molecule has 0 fully saturated rings. The third-order valence-electron chi connectivity index (χ3n) is 4.02. The Bertz CT molecular complexity index is 898. The van der Waals surface area contributed by atoms with E-state index in [-0.39, 0.29) is 24.8 Å². The first-order chi connectivity index (χ1) is 13.5. The van der Waals surface area contributed by atoms with Gasteiger partial charge in [0, 0.05) is 23.9 Å². The molecule has 1 heterocycles. The third-order valence-corrected chi connectivity index (χ3v) is 4.02. The molecule has 2 N–H and O–H groups in total. The van der Waals surface area contributed by atoms with Gasteiger partial charge in [0.25, 0.3) is 0 Å². The van der Waals surface area contributed by atoms with Gasteiger partial charge in [0.15, 0.2) is 23.0 Å². The van der Waals surface area contributed by atoms with Gasteiger partial charge in [0.1, 0.15) is 0 Å². The molecule has 148 valence electrons. The van der Waals surface area contributed by atoms with Crippen LogP contribution in [0.2, 0.25) is 0 Å². The molecule has 0 spiro atoms. The number of carbonyl (C=O) groups excluding carboxylic acids is 2. The largest absolute Gasteiger partial charge is 0.493 e. The van der Waals surface area contributed by atoms with Gasteiger partial charge in [0.05, 0.1) is 39.1 Å². The standard InChI is InChI=1S/C19H20N2O7/c1-24-15-7-12(19(23)26-3)13(8-16(15)25-2)20-9-18(22)21-11-4-5-14-17(6-11)28-10-27-14/h4-8,20H,9-10H2,1-3H3,(H,21,22). The molecular weight excluding hydrogens is 368 g/mol. The number of hydrogen-bond donors (Lipinski definition) is 2. The lowest BCUT2D eigenvalue weighted by molar-refractivity contribution is -0.114. The number of methoxy groups -OCH3 is 3. The summed E-state index contributed by atoms with van der Waals surface area (Å²) in [4.78, 5) is 24.4. The fraction of sp³-hybridized carbons (Fsp3) is 0.263. The fourth-order valence-corrected chi connectivity index (χ4v) is 2.66. The molecule has 0 bridgehead atoms. The van der Waals surface area contributed by atoms with Crippen molar-refractivity contribution in [1.82, 2.24) is 0 Å². The summed E-state index contributed by atoms with van der Waals surface area (Å²) < 4.78 is 25.8. The van der Waals surface area contributed by atoms with Gasteiger partial charge in [0.2, 0.25) is 12.7 Å². The Morgan fingerprint density at radius 1 is 1.00 bits per heavy atom. The first kappa shape index (κ1) is 19.2. The lowest BCUT2D eigenvalue weighted by atomic mass is 10.1. The SMILES string of the molecule is COC(=O)c1cc(OC)c(OC)cc1NCC(=O)Nc1ccc2c(c1)OCO2. The van der Waals surface area contributed by atoms with Crippen LogP contribution in [0.5, 0.6) is 23.0 Å². The summed E-state index contributed by atoms with van der Waals surface area (Å²) in [6.45, 7) is 0.0673. The summed E-state index contributed by atoms with van der Waals surface area (Å²) >= 11 is 0. The van der Waals surface area contributed by atoms with Crippen LogP contribution >= 0.6 is 0 Å². The molecular formula is C19H20N2O7. The second kappa shape index (κ2) is 8.38. The summed E-state index contributed by atoms with van der Waals surface area (Å²) in [5, 5.41) is 5.67. The molecule has 3 rings (SSSR count). The van der Waals surface area contributed by atoms with E-state index in [2.05, 4.69) is 10.6 Å². The van der Waals surface area contributed by atoms with Crippen molar-refractivity contribution in [1.29, 1.82) is 0 Å². The van der Waals surface area contributed by atoms with Gasteiger partial charge >= 0.3 is 5.97 Å². The molecule has 1 amide bonds. The molecule has 0 saturated heterocycles. The Morgan fingerprint density at radius 3 is 2.43 bits per heavy atom. The zero-order valence-electron chi connectivity index (χ0n) is 15.7. The van der Waals surface area contributed by atoms with E-state index in [1.807, 2.05) is 0 Å². The molecule has 2 aromatic rings. The molecule has 1 aliphatic heterocycles. The van der Waals surface area contributed by atoms with Crippen molar-refractivity contribution in [3.05, 3.63) is 35.9 Å². The number of carbonyl (C=O) groups is 2. The average Bonchev–Trinajstić information content (AvgIpc) is 3.18. The van der Waals surface area contributed by atoms with E-state index in [1.165, 1.54) is 27.4 Å². The molecule has 0 aromatic heterocycles. The van der Waals surface area contributed by atoms with Crippen molar-refractivity contribution in [2.24, 2.45) is 0 Å². The van der Waals surface area contributed by atoms with Gasteiger partial charge in [-0.1, -0.05) is 0 Å². The summed E-state index contributed by atoms with van der Waals surface area (Å²) in [5.74, 6) is 1.10. The normalized spacial score (nSPS) is 11.5. The van der Waals surface area contributed by atoms with Gasteiger partial charge in [-0.25, -0.2) is 4.79 Å². The lowest BCUT2D eigenvalue weighted by Crippen LogP contribution is -2.22. The molecule has 9 heteroatoms. The Hall–Kier alpha value is -3.62. The molecule has 0 saturated carbocycles. The van der Waals surface area contributed by atoms with Gasteiger partial charge in [-0.2, -0.15) is 0 Å². The summed E-state index contributed by atoms with van der Waals surface area (Å²) in [6.07, 6.45) is 0. The quantitative estimate of drug-likeness (QED) is 0.696. The Morgan fingerprint density at radius 2 is 1.71 bits per heavy atom. The number of hydrogen-bond acceptors (Lipinski definition) is 8. The second-order valence-electron chi connectivity index (χ2n) is 5.71. The lowest BCUT2D eigenvalue weighted by Gasteiger charge is -2.15. The zero-order valence-corrected chi connectivity index (χ0v) is 15.7. The van der Waals surface area contributed by atoms with E-state index in [9.17, 15) is 9.59 Å². The highest BCUT2D eigenvalue weighted by Gasteiger charge is 2.18. The third kappa shape index (κ3) is 4.03. The van der Waals surface area contributed by atoms with Crippen molar-refractivity contribution in [3.63, 3.8) is 0 Å². The van der Waals surface area contributed by atoms with Crippen LogP contribution in [0.15, 0.2) is 30.3 Å². The minimum atomic E-state index is -0.570. The maximum absolute atomic E-state index is 12.3. The maximum Gasteiger partial charge on any atom is 0.340 e. The van der Waals surface area contributed by atoms with E-state index >= 15 is 0 Å². The molecule has 0 aliphatic carbocycles. The summed E-state index contributed by atoms with van der Waals surface area (Å²) in [5.41, 5.74) is 1.16. The highest BCUT2D eigenvalue weighted by molar-refractivity contribution is 5.99. The minimum absolute atomic E-state index is 0.0894. The number of esters is 1. The van der Waals surface area contributed by atoms with Crippen LogP contribution in [0.25, 0.3) is 0 Å². The van der Waals surface area contributed by atoms with Crippen molar-refractivity contribution in [3.8, 4) is 23.0 Å². The molecule has 0 radical (unpaired) electrons. The smallest absolute Gasteiger partial charge is 0.340 e. The van der Waals surface area contributed by atoms with Gasteiger partial charge in [-0.15, -0.1) is 0 Å². The second-order valence-corrected chi connectivity index (χ2v) is 5.71. The van der Waals surface area contributed by atoms with Crippen LogP contribution in [0.1, 0.15) is 10.4 Å². The summed E-state index contributed by atoms with van der Waals surface area (Å²) in [7, 11) is 4.21. The van der Waals surface area contributed by atoms with E-state index in [1.54, 1.807) is 24.3 Å². The van der Waals surface area contributed by atoms with Crippen LogP contribution in [-0.4, -0.2) is 46.5 Å². The minimum Gasteiger partial charge on any atom is -0.493 e. The Balaban J connectivity index is 1.72. The highest BCUT2D eigenvalue weighted by Crippen LogP contribution is 2.35. The zero-order chi connectivity index (χ0) is 20.1. The number of fused-ring (bicyclic) bond motifs is 1. The molecule has 1 aliphatic rings. The van der Waals surface area contributed by atoms with Gasteiger partial charge in [-0.05, 0) is 12.1 Å².